The first-order valence-electron chi connectivity index (χ1n) is 3.98. The fourth-order valence-corrected chi connectivity index (χ4v) is 1.32. The van der Waals surface area contributed by atoms with E-state index in [0.717, 1.165) is 0 Å². The quantitative estimate of drug-likeness (QED) is 0.593. The minimum atomic E-state index is -0.468. The molecule has 0 aromatic carbocycles. The zero-order valence-corrected chi connectivity index (χ0v) is 7.69. The van der Waals surface area contributed by atoms with Gasteiger partial charge in [0.25, 0.3) is 0 Å². The maximum Gasteiger partial charge on any atom is 0.321 e. The Hall–Kier alpha value is -0.850. The molecule has 1 heterocycles. The van der Waals surface area contributed by atoms with Gasteiger partial charge >= 0.3 is 6.03 Å². The van der Waals surface area contributed by atoms with Crippen molar-refractivity contribution in [3.05, 3.63) is 0 Å². The first-order chi connectivity index (χ1) is 6.24. The number of hydrogen-bond donors (Lipinski definition) is 2. The van der Waals surface area contributed by atoms with Crippen LogP contribution in [0.25, 0.3) is 0 Å². The van der Waals surface area contributed by atoms with Crippen molar-refractivity contribution >= 4 is 6.03 Å². The van der Waals surface area contributed by atoms with Gasteiger partial charge in [0.05, 0.1) is 6.61 Å². The Kier molecular flexibility index (Phi) is 3.47. The molecule has 1 saturated heterocycles. The Morgan fingerprint density at radius 3 is 2.69 bits per heavy atom. The molecule has 0 bridgehead atoms. The number of hydrogen-bond acceptors (Lipinski definition) is 4. The van der Waals surface area contributed by atoms with Gasteiger partial charge in [0.15, 0.2) is 12.5 Å². The van der Waals surface area contributed by atoms with Crippen LogP contribution in [0.4, 0.5) is 4.79 Å². The summed E-state index contributed by atoms with van der Waals surface area (Å²) in [5.41, 5.74) is 0. The Labute approximate surface area is 76.4 Å². The van der Waals surface area contributed by atoms with Gasteiger partial charge in [-0.1, -0.05) is 0 Å². The second-order valence-electron chi connectivity index (χ2n) is 2.65. The number of methoxy groups -OCH3 is 2. The van der Waals surface area contributed by atoms with Crippen molar-refractivity contribution in [2.45, 2.75) is 12.5 Å². The van der Waals surface area contributed by atoms with Gasteiger partial charge in [0, 0.05) is 20.8 Å². The molecule has 1 aliphatic rings. The summed E-state index contributed by atoms with van der Waals surface area (Å²) in [4.78, 5) is 12.6. The molecule has 13 heavy (non-hydrogen) atoms. The first kappa shape index (κ1) is 10.2. The molecule has 0 aromatic rings. The summed E-state index contributed by atoms with van der Waals surface area (Å²) >= 11 is 0. The molecular weight excluding hydrogens is 176 g/mol. The Morgan fingerprint density at radius 2 is 2.23 bits per heavy atom. The van der Waals surface area contributed by atoms with Crippen molar-refractivity contribution in [1.82, 2.24) is 10.2 Å². The molecule has 1 aliphatic heterocycles. The average Bonchev–Trinajstić information content (AvgIpc) is 2.44. The minimum Gasteiger partial charge on any atom is -0.395 e. The summed E-state index contributed by atoms with van der Waals surface area (Å²) in [6.45, 7) is 0.147. The highest BCUT2D eigenvalue weighted by atomic mass is 16.6. The molecule has 2 atom stereocenters. The Bertz CT molecular complexity index is 187. The second-order valence-corrected chi connectivity index (χ2v) is 2.65. The maximum absolute atomic E-state index is 11.2. The number of aliphatic hydroxyl groups is 1. The molecule has 1 rings (SSSR count). The fourth-order valence-electron chi connectivity index (χ4n) is 1.32. The van der Waals surface area contributed by atoms with Gasteiger partial charge in [-0.3, -0.25) is 4.90 Å². The lowest BCUT2D eigenvalue weighted by Crippen LogP contribution is -2.40. The standard InChI is InChI=1S/C7H14N2O4/c1-12-5-6(13-2)9(3-4-10)7(11)8-5/h5-6,10H,3-4H2,1-2H3,(H,8,11). The van der Waals surface area contributed by atoms with Gasteiger partial charge < -0.3 is 19.9 Å². The molecule has 2 N–H and O–H groups in total. The van der Waals surface area contributed by atoms with E-state index in [1.54, 1.807) is 0 Å². The lowest BCUT2D eigenvalue weighted by atomic mass is 10.4. The third-order valence-corrected chi connectivity index (χ3v) is 1.93. The minimum absolute atomic E-state index is 0.0935. The molecule has 0 saturated carbocycles. The number of carbonyl (C=O) groups is 1. The Balaban J connectivity index is 2.64. The van der Waals surface area contributed by atoms with Gasteiger partial charge in [-0.25, -0.2) is 4.79 Å². The van der Waals surface area contributed by atoms with Crippen molar-refractivity contribution in [3.8, 4) is 0 Å². The zero-order chi connectivity index (χ0) is 9.84. The number of amides is 2. The number of β-amino-alcohol motifs (C(OH)–C–C–N with tert-alkyl or cyclic N) is 1. The molecule has 6 heteroatoms. The fraction of sp³-hybridized carbons (Fsp3) is 0.857. The van der Waals surface area contributed by atoms with Crippen LogP contribution in [0.3, 0.4) is 0 Å². The van der Waals surface area contributed by atoms with E-state index in [4.69, 9.17) is 14.6 Å². The van der Waals surface area contributed by atoms with E-state index in [0.29, 0.717) is 0 Å². The van der Waals surface area contributed by atoms with E-state index < -0.39 is 12.5 Å². The topological polar surface area (TPSA) is 71.0 Å². The van der Waals surface area contributed by atoms with E-state index >= 15 is 0 Å². The SMILES string of the molecule is COC1NC(=O)N(CCO)C1OC. The van der Waals surface area contributed by atoms with Crippen LogP contribution in [0.1, 0.15) is 0 Å². The highest BCUT2D eigenvalue weighted by molar-refractivity contribution is 5.77. The van der Waals surface area contributed by atoms with Gasteiger partial charge in [0.2, 0.25) is 0 Å². The largest absolute Gasteiger partial charge is 0.395 e. The lowest BCUT2D eigenvalue weighted by Gasteiger charge is -2.22. The summed E-state index contributed by atoms with van der Waals surface area (Å²) in [7, 11) is 2.97. The maximum atomic E-state index is 11.2. The lowest BCUT2D eigenvalue weighted by molar-refractivity contribution is -0.0807. The number of rotatable bonds is 4. The van der Waals surface area contributed by atoms with E-state index in [9.17, 15) is 4.79 Å². The molecule has 0 radical (unpaired) electrons. The first-order valence-corrected chi connectivity index (χ1v) is 3.98. The van der Waals surface area contributed by atoms with Crippen molar-refractivity contribution in [1.29, 1.82) is 0 Å². The van der Waals surface area contributed by atoms with Gasteiger partial charge in [-0.2, -0.15) is 0 Å². The molecule has 0 aliphatic carbocycles. The predicted molar refractivity (Wildman–Crippen MR) is 43.9 cm³/mol. The predicted octanol–water partition coefficient (Wildman–Crippen LogP) is -1.05. The van der Waals surface area contributed by atoms with E-state index in [2.05, 4.69) is 5.32 Å². The summed E-state index contributed by atoms with van der Waals surface area (Å²) < 4.78 is 10.0. The molecular formula is C7H14N2O4. The van der Waals surface area contributed by atoms with Crippen molar-refractivity contribution in [3.63, 3.8) is 0 Å². The van der Waals surface area contributed by atoms with Crippen molar-refractivity contribution < 1.29 is 19.4 Å². The van der Waals surface area contributed by atoms with Crippen LogP contribution in [0.2, 0.25) is 0 Å². The molecule has 0 spiro atoms. The summed E-state index contributed by atoms with van der Waals surface area (Å²) in [6.07, 6.45) is -0.936. The number of nitrogens with one attached hydrogen (secondary N) is 1. The van der Waals surface area contributed by atoms with Gasteiger partial charge in [-0.15, -0.1) is 0 Å². The van der Waals surface area contributed by atoms with Crippen LogP contribution in [0.5, 0.6) is 0 Å². The molecule has 76 valence electrons. The van der Waals surface area contributed by atoms with Crippen molar-refractivity contribution in [2.75, 3.05) is 27.4 Å². The van der Waals surface area contributed by atoms with E-state index in [1.807, 2.05) is 0 Å². The van der Waals surface area contributed by atoms with Gasteiger partial charge in [-0.05, 0) is 0 Å². The smallest absolute Gasteiger partial charge is 0.321 e. The number of aliphatic hydroxyl groups excluding tert-OH is 1. The van der Waals surface area contributed by atoms with Crippen LogP contribution < -0.4 is 5.32 Å². The number of carbonyl (C=O) groups excluding carboxylic acids is 1. The molecule has 2 unspecified atom stereocenters. The molecule has 1 fully saturated rings. The van der Waals surface area contributed by atoms with Crippen LogP contribution >= 0.6 is 0 Å². The summed E-state index contributed by atoms with van der Waals surface area (Å²) in [5, 5.41) is 11.3. The third-order valence-electron chi connectivity index (χ3n) is 1.93. The summed E-state index contributed by atoms with van der Waals surface area (Å²) in [6, 6.07) is -0.284. The highest BCUT2D eigenvalue weighted by Gasteiger charge is 2.39. The third kappa shape index (κ3) is 1.90. The van der Waals surface area contributed by atoms with E-state index in [1.165, 1.54) is 19.1 Å². The van der Waals surface area contributed by atoms with Crippen LogP contribution in [-0.2, 0) is 9.47 Å². The van der Waals surface area contributed by atoms with Crippen molar-refractivity contribution in [2.24, 2.45) is 0 Å². The molecule has 0 aromatic heterocycles. The number of nitrogens with zero attached hydrogens (tertiary/aromatic N) is 1. The number of urea groups is 1. The normalized spacial score (nSPS) is 27.9. The van der Waals surface area contributed by atoms with Gasteiger partial charge in [0.1, 0.15) is 0 Å². The second kappa shape index (κ2) is 4.40. The Morgan fingerprint density at radius 1 is 1.54 bits per heavy atom. The number of ether oxygens (including phenoxy) is 2. The molecule has 6 nitrogen and oxygen atoms in total. The summed E-state index contributed by atoms with van der Waals surface area (Å²) in [5.74, 6) is 0. The molecule has 2 amide bonds. The van der Waals surface area contributed by atoms with Crippen LogP contribution in [-0.4, -0.2) is 55.9 Å². The highest BCUT2D eigenvalue weighted by Crippen LogP contribution is 2.13. The zero-order valence-electron chi connectivity index (χ0n) is 7.69. The van der Waals surface area contributed by atoms with Crippen LogP contribution in [0.15, 0.2) is 0 Å². The van der Waals surface area contributed by atoms with E-state index in [-0.39, 0.29) is 19.2 Å². The average molecular weight is 190 g/mol. The monoisotopic (exact) mass is 190 g/mol. The van der Waals surface area contributed by atoms with Crippen LogP contribution in [0, 0.1) is 0 Å².